The quantitative estimate of drug-likeness (QED) is 0.741. The van der Waals surface area contributed by atoms with Gasteiger partial charge in [0, 0.05) is 25.2 Å². The number of hydrogen-bond acceptors (Lipinski definition) is 4. The fourth-order valence-corrected chi connectivity index (χ4v) is 2.34. The summed E-state index contributed by atoms with van der Waals surface area (Å²) in [5.74, 6) is 2.13. The van der Waals surface area contributed by atoms with Gasteiger partial charge in [-0.1, -0.05) is 27.2 Å². The van der Waals surface area contributed by atoms with Crippen molar-refractivity contribution in [2.24, 2.45) is 0 Å². The predicted octanol–water partition coefficient (Wildman–Crippen LogP) is 3.49. The summed E-state index contributed by atoms with van der Waals surface area (Å²) in [5, 5.41) is 3.36. The van der Waals surface area contributed by atoms with Gasteiger partial charge in [-0.05, 0) is 26.2 Å². The first-order valence-electron chi connectivity index (χ1n) is 7.61. The van der Waals surface area contributed by atoms with Gasteiger partial charge in [-0.15, -0.1) is 0 Å². The molecule has 108 valence electrons. The van der Waals surface area contributed by atoms with E-state index in [0.717, 1.165) is 57.0 Å². The lowest BCUT2D eigenvalue weighted by Gasteiger charge is -2.26. The largest absolute Gasteiger partial charge is 0.370 e. The normalized spacial score (nSPS) is 10.5. The van der Waals surface area contributed by atoms with Crippen molar-refractivity contribution in [3.8, 4) is 0 Å². The van der Waals surface area contributed by atoms with Gasteiger partial charge >= 0.3 is 0 Å². The predicted molar refractivity (Wildman–Crippen MR) is 83.0 cm³/mol. The van der Waals surface area contributed by atoms with Crippen LogP contribution in [-0.2, 0) is 6.42 Å². The smallest absolute Gasteiger partial charge is 0.137 e. The fourth-order valence-electron chi connectivity index (χ4n) is 2.34. The van der Waals surface area contributed by atoms with Crippen molar-refractivity contribution < 1.29 is 0 Å². The summed E-state index contributed by atoms with van der Waals surface area (Å²) in [6, 6.07) is 0. The van der Waals surface area contributed by atoms with Gasteiger partial charge in [0.15, 0.2) is 0 Å². The highest BCUT2D eigenvalue weighted by atomic mass is 15.2. The summed E-state index contributed by atoms with van der Waals surface area (Å²) in [6.45, 7) is 11.8. The minimum absolute atomic E-state index is 0.898. The maximum atomic E-state index is 4.55. The maximum Gasteiger partial charge on any atom is 0.137 e. The van der Waals surface area contributed by atoms with E-state index in [1.54, 1.807) is 6.33 Å². The Morgan fingerprint density at radius 1 is 1.00 bits per heavy atom. The first kappa shape index (κ1) is 15.7. The summed E-state index contributed by atoms with van der Waals surface area (Å²) in [5.41, 5.74) is 1.27. The lowest BCUT2D eigenvalue weighted by molar-refractivity contribution is 0.723. The maximum absolute atomic E-state index is 4.55. The van der Waals surface area contributed by atoms with E-state index in [1.807, 2.05) is 0 Å². The molecule has 0 aliphatic rings. The second-order valence-corrected chi connectivity index (χ2v) is 4.79. The van der Waals surface area contributed by atoms with E-state index in [1.165, 1.54) is 5.56 Å². The van der Waals surface area contributed by atoms with Crippen LogP contribution < -0.4 is 10.2 Å². The van der Waals surface area contributed by atoms with Crippen LogP contribution >= 0.6 is 0 Å². The Kier molecular flexibility index (Phi) is 7.23. The molecule has 0 radical (unpaired) electrons. The Morgan fingerprint density at radius 2 is 1.68 bits per heavy atom. The van der Waals surface area contributed by atoms with E-state index < -0.39 is 0 Å². The Balaban J connectivity index is 3.10. The van der Waals surface area contributed by atoms with Crippen LogP contribution in [0.4, 0.5) is 11.6 Å². The van der Waals surface area contributed by atoms with E-state index in [4.69, 9.17) is 0 Å². The van der Waals surface area contributed by atoms with Crippen molar-refractivity contribution in [3.63, 3.8) is 0 Å². The number of nitrogens with one attached hydrogen (secondary N) is 1. The Hall–Kier alpha value is -1.32. The molecule has 0 aliphatic carbocycles. The van der Waals surface area contributed by atoms with Crippen molar-refractivity contribution >= 4 is 11.6 Å². The molecule has 1 aromatic rings. The first-order chi connectivity index (χ1) is 9.28. The molecule has 0 saturated heterocycles. The van der Waals surface area contributed by atoms with E-state index in [0.29, 0.717) is 0 Å². The third-order valence-corrected chi connectivity index (χ3v) is 3.05. The highest BCUT2D eigenvalue weighted by molar-refractivity contribution is 5.58. The summed E-state index contributed by atoms with van der Waals surface area (Å²) in [6.07, 6.45) is 6.12. The molecular weight excluding hydrogens is 236 g/mol. The molecule has 4 nitrogen and oxygen atoms in total. The monoisotopic (exact) mass is 264 g/mol. The van der Waals surface area contributed by atoms with Gasteiger partial charge in [-0.25, -0.2) is 9.97 Å². The number of hydrogen-bond donors (Lipinski definition) is 1. The molecule has 1 rings (SSSR count). The highest BCUT2D eigenvalue weighted by Crippen LogP contribution is 2.25. The van der Waals surface area contributed by atoms with Crippen molar-refractivity contribution in [1.82, 2.24) is 9.97 Å². The first-order valence-corrected chi connectivity index (χ1v) is 7.61. The molecule has 0 aromatic carbocycles. The second-order valence-electron chi connectivity index (χ2n) is 4.79. The van der Waals surface area contributed by atoms with Crippen molar-refractivity contribution in [2.45, 2.75) is 53.4 Å². The molecule has 0 fully saturated rings. The van der Waals surface area contributed by atoms with Crippen molar-refractivity contribution in [2.75, 3.05) is 29.9 Å². The van der Waals surface area contributed by atoms with Crippen LogP contribution in [0.3, 0.4) is 0 Å². The van der Waals surface area contributed by atoms with Gasteiger partial charge in [0.05, 0.1) is 0 Å². The van der Waals surface area contributed by atoms with Gasteiger partial charge in [-0.3, -0.25) is 0 Å². The molecule has 4 heteroatoms. The molecular formula is C15H28N4. The fraction of sp³-hybridized carbons (Fsp3) is 0.733. The molecule has 1 N–H and O–H groups in total. The van der Waals surface area contributed by atoms with Gasteiger partial charge in [-0.2, -0.15) is 0 Å². The second kappa shape index (κ2) is 8.73. The molecule has 19 heavy (non-hydrogen) atoms. The average Bonchev–Trinajstić information content (AvgIpc) is 2.41. The van der Waals surface area contributed by atoms with Crippen LogP contribution in [0.15, 0.2) is 6.33 Å². The molecule has 1 aromatic heterocycles. The number of rotatable bonds is 9. The Labute approximate surface area is 117 Å². The van der Waals surface area contributed by atoms with Crippen molar-refractivity contribution in [1.29, 1.82) is 0 Å². The van der Waals surface area contributed by atoms with Crippen LogP contribution in [-0.4, -0.2) is 29.6 Å². The van der Waals surface area contributed by atoms with Crippen LogP contribution in [0.5, 0.6) is 0 Å². The lowest BCUT2D eigenvalue weighted by Crippen LogP contribution is -2.27. The van der Waals surface area contributed by atoms with E-state index in [2.05, 4.69) is 47.9 Å². The van der Waals surface area contributed by atoms with Crippen LogP contribution in [0.25, 0.3) is 0 Å². The zero-order chi connectivity index (χ0) is 14.1. The summed E-state index contributed by atoms with van der Waals surface area (Å²) < 4.78 is 0. The Morgan fingerprint density at radius 3 is 2.21 bits per heavy atom. The zero-order valence-electron chi connectivity index (χ0n) is 12.9. The third kappa shape index (κ3) is 4.37. The summed E-state index contributed by atoms with van der Waals surface area (Å²) in [4.78, 5) is 11.4. The third-order valence-electron chi connectivity index (χ3n) is 3.05. The molecule has 0 amide bonds. The topological polar surface area (TPSA) is 41.1 Å². The molecule has 0 aliphatic heterocycles. The standard InChI is InChI=1S/C15H28N4/c1-5-9-13-14(16-8-4)17-12-18-15(13)19(10-6-2)11-7-3/h12H,5-11H2,1-4H3,(H,16,17,18). The van der Waals surface area contributed by atoms with E-state index >= 15 is 0 Å². The van der Waals surface area contributed by atoms with E-state index in [9.17, 15) is 0 Å². The molecule has 0 unspecified atom stereocenters. The molecule has 0 bridgehead atoms. The zero-order valence-corrected chi connectivity index (χ0v) is 12.9. The van der Waals surface area contributed by atoms with Crippen molar-refractivity contribution in [3.05, 3.63) is 11.9 Å². The summed E-state index contributed by atoms with van der Waals surface area (Å²) in [7, 11) is 0. The van der Waals surface area contributed by atoms with E-state index in [-0.39, 0.29) is 0 Å². The number of aromatic nitrogens is 2. The van der Waals surface area contributed by atoms with Gasteiger partial charge in [0.2, 0.25) is 0 Å². The molecule has 0 spiro atoms. The van der Waals surface area contributed by atoms with Crippen LogP contribution in [0, 0.1) is 0 Å². The summed E-state index contributed by atoms with van der Waals surface area (Å²) >= 11 is 0. The molecule has 0 saturated carbocycles. The highest BCUT2D eigenvalue weighted by Gasteiger charge is 2.15. The number of nitrogens with zero attached hydrogens (tertiary/aromatic N) is 3. The minimum Gasteiger partial charge on any atom is -0.370 e. The minimum atomic E-state index is 0.898. The van der Waals surface area contributed by atoms with Gasteiger partial charge in [0.1, 0.15) is 18.0 Å². The molecule has 1 heterocycles. The lowest BCUT2D eigenvalue weighted by atomic mass is 10.1. The Bertz CT molecular complexity index is 359. The SMILES string of the molecule is CCCc1c(NCC)ncnc1N(CCC)CCC. The molecule has 0 atom stereocenters. The van der Waals surface area contributed by atoms with Crippen LogP contribution in [0.2, 0.25) is 0 Å². The van der Waals surface area contributed by atoms with Crippen LogP contribution in [0.1, 0.15) is 52.5 Å². The average molecular weight is 264 g/mol. The number of anilines is 2. The van der Waals surface area contributed by atoms with Gasteiger partial charge < -0.3 is 10.2 Å². The van der Waals surface area contributed by atoms with Gasteiger partial charge in [0.25, 0.3) is 0 Å².